The van der Waals surface area contributed by atoms with E-state index >= 15 is 0 Å². The molecular weight excluding hydrogens is 276 g/mol. The highest BCUT2D eigenvalue weighted by Gasteiger charge is 2.17. The topological polar surface area (TPSA) is 53.1 Å². The van der Waals surface area contributed by atoms with Gasteiger partial charge in [-0.25, -0.2) is 13.8 Å². The van der Waals surface area contributed by atoms with Crippen LogP contribution in [0.4, 0.5) is 14.7 Å². The van der Waals surface area contributed by atoms with Gasteiger partial charge in [-0.2, -0.15) is 0 Å². The molecule has 0 fully saturated rings. The fourth-order valence-corrected chi connectivity index (χ4v) is 2.35. The average Bonchev–Trinajstić information content (AvgIpc) is 2.75. The van der Waals surface area contributed by atoms with Gasteiger partial charge < -0.3 is 10.5 Å². The number of nitrogens with two attached hydrogens (primary N) is 1. The summed E-state index contributed by atoms with van der Waals surface area (Å²) in [7, 11) is 1.52. The first-order valence-electron chi connectivity index (χ1n) is 6.29. The summed E-state index contributed by atoms with van der Waals surface area (Å²) >= 11 is 0. The second-order valence-corrected chi connectivity index (χ2v) is 4.74. The number of nitrogen functional groups attached to an aromatic ring is 1. The Bertz CT molecular complexity index is 843. The molecule has 1 aromatic heterocycles. The van der Waals surface area contributed by atoms with Crippen LogP contribution in [0.2, 0.25) is 0 Å². The highest BCUT2D eigenvalue weighted by Crippen LogP contribution is 2.31. The molecule has 3 rings (SSSR count). The van der Waals surface area contributed by atoms with Crippen LogP contribution in [0.3, 0.4) is 0 Å². The zero-order chi connectivity index (χ0) is 15.1. The predicted octanol–water partition coefficient (Wildman–Crippen LogP) is 3.20. The van der Waals surface area contributed by atoms with Gasteiger partial charge in [0, 0.05) is 12.1 Å². The van der Waals surface area contributed by atoms with E-state index in [1.807, 2.05) is 19.1 Å². The van der Waals surface area contributed by atoms with E-state index in [-0.39, 0.29) is 17.0 Å². The monoisotopic (exact) mass is 289 g/mol. The van der Waals surface area contributed by atoms with Crippen molar-refractivity contribution >= 4 is 17.0 Å². The van der Waals surface area contributed by atoms with Crippen LogP contribution >= 0.6 is 0 Å². The van der Waals surface area contributed by atoms with E-state index in [4.69, 9.17) is 10.5 Å². The summed E-state index contributed by atoms with van der Waals surface area (Å²) in [6.45, 7) is 1.90. The first-order valence-corrected chi connectivity index (χ1v) is 6.29. The molecule has 0 atom stereocenters. The van der Waals surface area contributed by atoms with E-state index < -0.39 is 11.6 Å². The lowest BCUT2D eigenvalue weighted by atomic mass is 10.2. The maximum Gasteiger partial charge on any atom is 0.206 e. The molecule has 0 aliphatic carbocycles. The highest BCUT2D eigenvalue weighted by molar-refractivity contribution is 5.82. The molecule has 0 aliphatic heterocycles. The lowest BCUT2D eigenvalue weighted by molar-refractivity contribution is 0.413. The van der Waals surface area contributed by atoms with Gasteiger partial charge in [-0.1, -0.05) is 6.07 Å². The summed E-state index contributed by atoms with van der Waals surface area (Å²) in [5, 5.41) is 0. The molecule has 0 unspecified atom stereocenters. The Balaban J connectivity index is 2.40. The molecule has 108 valence electrons. The van der Waals surface area contributed by atoms with Gasteiger partial charge in [0.2, 0.25) is 5.95 Å². The van der Waals surface area contributed by atoms with Gasteiger partial charge in [0.05, 0.1) is 18.3 Å². The minimum atomic E-state index is -0.748. The first-order chi connectivity index (χ1) is 10.0. The third-order valence-corrected chi connectivity index (χ3v) is 3.28. The van der Waals surface area contributed by atoms with Crippen LogP contribution in [0, 0.1) is 18.6 Å². The van der Waals surface area contributed by atoms with Crippen LogP contribution in [0.25, 0.3) is 16.7 Å². The van der Waals surface area contributed by atoms with Gasteiger partial charge >= 0.3 is 0 Å². The van der Waals surface area contributed by atoms with Crippen molar-refractivity contribution in [2.45, 2.75) is 6.92 Å². The van der Waals surface area contributed by atoms with E-state index in [1.54, 1.807) is 6.07 Å². The quantitative estimate of drug-likeness (QED) is 0.788. The summed E-state index contributed by atoms with van der Waals surface area (Å²) < 4.78 is 34.1. The minimum absolute atomic E-state index is 0.0254. The van der Waals surface area contributed by atoms with Crippen LogP contribution in [0.1, 0.15) is 5.56 Å². The van der Waals surface area contributed by atoms with E-state index in [0.29, 0.717) is 11.4 Å². The average molecular weight is 289 g/mol. The van der Waals surface area contributed by atoms with E-state index in [1.165, 1.54) is 17.7 Å². The molecule has 3 aromatic rings. The molecule has 2 aromatic carbocycles. The lowest BCUT2D eigenvalue weighted by Gasteiger charge is -2.12. The van der Waals surface area contributed by atoms with Gasteiger partial charge in [0.25, 0.3) is 0 Å². The molecule has 6 heteroatoms. The number of hydrogen-bond acceptors (Lipinski definition) is 3. The number of hydrogen-bond donors (Lipinski definition) is 1. The van der Waals surface area contributed by atoms with Crippen molar-refractivity contribution in [1.29, 1.82) is 0 Å². The maximum atomic E-state index is 13.8. The SMILES string of the molecule is COc1ccc(C)cc1-n1c(N)nc2c(F)cc(F)cc21. The molecule has 0 spiro atoms. The van der Waals surface area contributed by atoms with Gasteiger partial charge in [0.15, 0.2) is 5.82 Å². The number of halogens is 2. The van der Waals surface area contributed by atoms with Gasteiger partial charge in [-0.05, 0) is 24.6 Å². The standard InChI is InChI=1S/C15H13F2N3O/c1-8-3-4-13(21-2)11(5-8)20-12-7-9(16)6-10(17)14(12)19-15(20)18/h3-7H,1-2H3,(H2,18,19). The van der Waals surface area contributed by atoms with Crippen molar-refractivity contribution in [3.63, 3.8) is 0 Å². The maximum absolute atomic E-state index is 13.8. The van der Waals surface area contributed by atoms with E-state index in [9.17, 15) is 8.78 Å². The van der Waals surface area contributed by atoms with Crippen LogP contribution in [0.15, 0.2) is 30.3 Å². The second kappa shape index (κ2) is 4.73. The number of methoxy groups -OCH3 is 1. The summed E-state index contributed by atoms with van der Waals surface area (Å²) in [6.07, 6.45) is 0. The van der Waals surface area contributed by atoms with Crippen molar-refractivity contribution in [2.75, 3.05) is 12.8 Å². The largest absolute Gasteiger partial charge is 0.495 e. The minimum Gasteiger partial charge on any atom is -0.495 e. The number of aromatic nitrogens is 2. The second-order valence-electron chi connectivity index (χ2n) is 4.74. The molecule has 2 N–H and O–H groups in total. The smallest absolute Gasteiger partial charge is 0.206 e. The summed E-state index contributed by atoms with van der Waals surface area (Å²) in [5.41, 5.74) is 7.72. The molecular formula is C15H13F2N3O. The van der Waals surface area contributed by atoms with Crippen molar-refractivity contribution in [2.24, 2.45) is 0 Å². The van der Waals surface area contributed by atoms with Gasteiger partial charge in [-0.15, -0.1) is 0 Å². The van der Waals surface area contributed by atoms with Crippen molar-refractivity contribution in [3.8, 4) is 11.4 Å². The van der Waals surface area contributed by atoms with Crippen molar-refractivity contribution < 1.29 is 13.5 Å². The molecule has 4 nitrogen and oxygen atoms in total. The molecule has 0 aliphatic rings. The van der Waals surface area contributed by atoms with Crippen molar-refractivity contribution in [3.05, 3.63) is 47.5 Å². The fraction of sp³-hybridized carbons (Fsp3) is 0.133. The van der Waals surface area contributed by atoms with Crippen LogP contribution < -0.4 is 10.5 Å². The molecule has 0 radical (unpaired) electrons. The fourth-order valence-electron chi connectivity index (χ4n) is 2.35. The van der Waals surface area contributed by atoms with Gasteiger partial charge in [-0.3, -0.25) is 4.57 Å². The predicted molar refractivity (Wildman–Crippen MR) is 76.7 cm³/mol. The first kappa shape index (κ1) is 13.4. The van der Waals surface area contributed by atoms with E-state index in [2.05, 4.69) is 4.98 Å². The molecule has 21 heavy (non-hydrogen) atoms. The summed E-state index contributed by atoms with van der Waals surface area (Å²) in [6, 6.07) is 7.44. The molecule has 0 amide bonds. The van der Waals surface area contributed by atoms with E-state index in [0.717, 1.165) is 11.6 Å². The highest BCUT2D eigenvalue weighted by atomic mass is 19.1. The summed E-state index contributed by atoms with van der Waals surface area (Å²) in [5.74, 6) is -0.829. The van der Waals surface area contributed by atoms with Crippen molar-refractivity contribution in [1.82, 2.24) is 9.55 Å². The number of benzene rings is 2. The third-order valence-electron chi connectivity index (χ3n) is 3.28. The van der Waals surface area contributed by atoms with Crippen LogP contribution in [0.5, 0.6) is 5.75 Å². The number of fused-ring (bicyclic) bond motifs is 1. The number of aryl methyl sites for hydroxylation is 1. The van der Waals surface area contributed by atoms with Crippen LogP contribution in [-0.2, 0) is 0 Å². The van der Waals surface area contributed by atoms with Gasteiger partial charge in [0.1, 0.15) is 17.1 Å². The number of rotatable bonds is 2. The Morgan fingerprint density at radius 2 is 1.95 bits per heavy atom. The molecule has 0 bridgehead atoms. The number of anilines is 1. The Kier molecular flexibility index (Phi) is 3.01. The Morgan fingerprint density at radius 1 is 1.19 bits per heavy atom. The van der Waals surface area contributed by atoms with Crippen LogP contribution in [-0.4, -0.2) is 16.7 Å². The lowest BCUT2D eigenvalue weighted by Crippen LogP contribution is -2.03. The Hall–Kier alpha value is -2.63. The number of imidazole rings is 1. The number of nitrogens with zero attached hydrogens (tertiary/aromatic N) is 2. The number of ether oxygens (including phenoxy) is 1. The third kappa shape index (κ3) is 2.08. The molecule has 1 heterocycles. The molecule has 0 saturated carbocycles. The Morgan fingerprint density at radius 3 is 2.67 bits per heavy atom. The zero-order valence-electron chi connectivity index (χ0n) is 11.5. The zero-order valence-corrected chi connectivity index (χ0v) is 11.5. The molecule has 0 saturated heterocycles. The normalized spacial score (nSPS) is 11.0. The summed E-state index contributed by atoms with van der Waals surface area (Å²) in [4.78, 5) is 3.98. The Labute approximate surface area is 119 Å².